The number of fused-ring (bicyclic) bond motifs is 1. The van der Waals surface area contributed by atoms with E-state index in [0.717, 1.165) is 33.0 Å². The van der Waals surface area contributed by atoms with Crippen molar-refractivity contribution in [2.24, 2.45) is 11.8 Å². The second-order valence-electron chi connectivity index (χ2n) is 8.14. The maximum atomic E-state index is 13.3. The van der Waals surface area contributed by atoms with Gasteiger partial charge in [-0.05, 0) is 54.3 Å². The number of rotatable bonds is 4. The van der Waals surface area contributed by atoms with Crippen molar-refractivity contribution in [3.8, 4) is 0 Å². The van der Waals surface area contributed by atoms with Crippen LogP contribution in [0.15, 0.2) is 59.0 Å². The van der Waals surface area contributed by atoms with Gasteiger partial charge >= 0.3 is 6.18 Å². The number of carbonyl (C=O) groups excluding carboxylic acids is 1. The Bertz CT molecular complexity index is 981. The van der Waals surface area contributed by atoms with E-state index in [1.165, 1.54) is 19.2 Å². The van der Waals surface area contributed by atoms with Gasteiger partial charge in [-0.1, -0.05) is 6.92 Å². The van der Waals surface area contributed by atoms with Gasteiger partial charge in [-0.2, -0.15) is 13.2 Å². The Morgan fingerprint density at radius 1 is 1.32 bits per heavy atom. The van der Waals surface area contributed by atoms with Gasteiger partial charge in [-0.15, -0.1) is 0 Å². The highest BCUT2D eigenvalue weighted by molar-refractivity contribution is 5.84. The van der Waals surface area contributed by atoms with E-state index in [-0.39, 0.29) is 11.7 Å². The van der Waals surface area contributed by atoms with Crippen LogP contribution in [-0.2, 0) is 4.79 Å². The predicted molar refractivity (Wildman–Crippen MR) is 107 cm³/mol. The fourth-order valence-corrected chi connectivity index (χ4v) is 4.57. The Morgan fingerprint density at radius 2 is 2.00 bits per heavy atom. The Balaban J connectivity index is 1.57. The fourth-order valence-electron chi connectivity index (χ4n) is 4.57. The lowest BCUT2D eigenvalue weighted by Gasteiger charge is -2.31. The van der Waals surface area contributed by atoms with Gasteiger partial charge in [0.05, 0.1) is 23.8 Å². The number of anilines is 1. The third-order valence-corrected chi connectivity index (χ3v) is 6.16. The molecule has 3 atom stereocenters. The first-order valence-corrected chi connectivity index (χ1v) is 10.0. The summed E-state index contributed by atoms with van der Waals surface area (Å²) in [4.78, 5) is 13.9. The SMILES string of the molecule is C[C@H]1C2=CNN(c3ccc(F)cc3)C2=CC2=C1[C@@H](C(=O)N(C)C[C@@H](O)C(F)(F)F)CC2. The van der Waals surface area contributed by atoms with Gasteiger partial charge in [0.25, 0.3) is 0 Å². The molecule has 9 heteroatoms. The number of hydrogen-bond acceptors (Lipinski definition) is 4. The third-order valence-electron chi connectivity index (χ3n) is 6.16. The number of hydrogen-bond donors (Lipinski definition) is 2. The van der Waals surface area contributed by atoms with Crippen LogP contribution in [0.4, 0.5) is 23.2 Å². The van der Waals surface area contributed by atoms with Crippen LogP contribution in [0.5, 0.6) is 0 Å². The molecule has 4 rings (SSSR count). The fraction of sp³-hybridized carbons (Fsp3) is 0.409. The summed E-state index contributed by atoms with van der Waals surface area (Å²) in [5.41, 5.74) is 7.71. The van der Waals surface area contributed by atoms with Crippen LogP contribution in [0.1, 0.15) is 19.8 Å². The number of aliphatic hydroxyl groups excluding tert-OH is 1. The normalized spacial score (nSPS) is 23.6. The van der Waals surface area contributed by atoms with Crippen molar-refractivity contribution in [2.45, 2.75) is 32.0 Å². The molecule has 1 amide bonds. The molecular formula is C22H23F4N3O2. The van der Waals surface area contributed by atoms with E-state index in [9.17, 15) is 27.5 Å². The van der Waals surface area contributed by atoms with Crippen molar-refractivity contribution < 1.29 is 27.5 Å². The lowest BCUT2D eigenvalue weighted by Crippen LogP contribution is -2.44. The van der Waals surface area contributed by atoms with Gasteiger partial charge in [-0.25, -0.2) is 4.39 Å². The molecule has 31 heavy (non-hydrogen) atoms. The van der Waals surface area contributed by atoms with E-state index >= 15 is 0 Å². The average Bonchev–Trinajstić information content (AvgIpc) is 3.32. The minimum absolute atomic E-state index is 0.106. The Labute approximate surface area is 177 Å². The molecule has 0 bridgehead atoms. The van der Waals surface area contributed by atoms with Crippen molar-refractivity contribution in [3.63, 3.8) is 0 Å². The largest absolute Gasteiger partial charge is 0.416 e. The Morgan fingerprint density at radius 3 is 2.65 bits per heavy atom. The minimum Gasteiger partial charge on any atom is -0.382 e. The number of halogens is 4. The molecular weight excluding hydrogens is 414 g/mol. The van der Waals surface area contributed by atoms with Crippen LogP contribution in [0.3, 0.4) is 0 Å². The van der Waals surface area contributed by atoms with E-state index in [1.807, 2.05) is 24.2 Å². The lowest BCUT2D eigenvalue weighted by molar-refractivity contribution is -0.207. The van der Waals surface area contributed by atoms with E-state index in [2.05, 4.69) is 5.43 Å². The number of alkyl halides is 3. The quantitative estimate of drug-likeness (QED) is 0.706. The van der Waals surface area contributed by atoms with Gasteiger partial charge in [-0.3, -0.25) is 9.80 Å². The maximum Gasteiger partial charge on any atom is 0.416 e. The van der Waals surface area contributed by atoms with Crippen molar-refractivity contribution in [1.29, 1.82) is 0 Å². The van der Waals surface area contributed by atoms with Crippen molar-refractivity contribution in [2.75, 3.05) is 18.6 Å². The number of benzene rings is 1. The summed E-state index contributed by atoms with van der Waals surface area (Å²) in [6.07, 6.45) is -2.36. The van der Waals surface area contributed by atoms with Crippen LogP contribution < -0.4 is 10.4 Å². The van der Waals surface area contributed by atoms with Crippen molar-refractivity contribution in [1.82, 2.24) is 10.3 Å². The predicted octanol–water partition coefficient (Wildman–Crippen LogP) is 3.66. The van der Waals surface area contributed by atoms with Crippen LogP contribution in [-0.4, -0.2) is 41.8 Å². The standard InChI is InChI=1S/C22H23F4N3O2/c1-12-17-10-27-29(15-6-4-14(23)5-7-15)18(17)9-13-3-8-16(20(12)13)21(31)28(2)11-19(30)22(24,25)26/h4-7,9-10,12,16,19,27,30H,3,8,11H2,1-2H3/t12-,16-,19+/m0/s1. The van der Waals surface area contributed by atoms with E-state index in [4.69, 9.17) is 0 Å². The molecule has 2 N–H and O–H groups in total. The number of amides is 1. The van der Waals surface area contributed by atoms with Crippen LogP contribution in [0.2, 0.25) is 0 Å². The maximum absolute atomic E-state index is 13.3. The molecule has 0 saturated heterocycles. The highest BCUT2D eigenvalue weighted by atomic mass is 19.4. The topological polar surface area (TPSA) is 55.8 Å². The first kappa shape index (κ1) is 21.4. The zero-order chi connectivity index (χ0) is 22.5. The molecule has 0 fully saturated rings. The van der Waals surface area contributed by atoms with Gasteiger partial charge in [0.2, 0.25) is 5.91 Å². The zero-order valence-electron chi connectivity index (χ0n) is 17.1. The molecule has 0 spiro atoms. The second kappa shape index (κ2) is 7.71. The molecule has 1 aromatic carbocycles. The monoisotopic (exact) mass is 437 g/mol. The lowest BCUT2D eigenvalue weighted by atomic mass is 9.80. The molecule has 0 saturated carbocycles. The van der Waals surface area contributed by atoms with Gasteiger partial charge in [0.1, 0.15) is 5.82 Å². The summed E-state index contributed by atoms with van der Waals surface area (Å²) in [5.74, 6) is -1.37. The summed E-state index contributed by atoms with van der Waals surface area (Å²) in [6, 6.07) is 6.08. The Hall–Kier alpha value is -2.81. The van der Waals surface area contributed by atoms with Crippen molar-refractivity contribution in [3.05, 3.63) is 64.8 Å². The minimum atomic E-state index is -4.77. The van der Waals surface area contributed by atoms with Crippen LogP contribution >= 0.6 is 0 Å². The first-order valence-electron chi connectivity index (χ1n) is 10.0. The van der Waals surface area contributed by atoms with E-state index in [1.54, 1.807) is 12.1 Å². The van der Waals surface area contributed by atoms with Gasteiger partial charge in [0, 0.05) is 24.7 Å². The number of nitrogens with zero attached hydrogens (tertiary/aromatic N) is 2. The molecule has 1 heterocycles. The zero-order valence-corrected chi connectivity index (χ0v) is 17.1. The second-order valence-corrected chi connectivity index (χ2v) is 8.14. The highest BCUT2D eigenvalue weighted by Gasteiger charge is 2.43. The number of likely N-dealkylation sites (N-methyl/N-ethyl adjacent to an activating group) is 1. The molecule has 5 nitrogen and oxygen atoms in total. The number of allylic oxidation sites excluding steroid dienone is 3. The molecule has 2 aliphatic carbocycles. The summed E-state index contributed by atoms with van der Waals surface area (Å²) in [6.45, 7) is 1.18. The molecule has 1 aliphatic heterocycles. The number of carbonyl (C=O) groups is 1. The molecule has 166 valence electrons. The molecule has 0 unspecified atom stereocenters. The summed E-state index contributed by atoms with van der Waals surface area (Å²) in [5, 5.41) is 11.2. The van der Waals surface area contributed by atoms with Crippen LogP contribution in [0, 0.1) is 17.7 Å². The highest BCUT2D eigenvalue weighted by Crippen LogP contribution is 2.48. The first-order chi connectivity index (χ1) is 14.6. The molecule has 0 radical (unpaired) electrons. The van der Waals surface area contributed by atoms with Gasteiger partial charge in [0.15, 0.2) is 6.10 Å². The molecule has 1 aromatic rings. The summed E-state index contributed by atoms with van der Waals surface area (Å²) < 4.78 is 51.3. The smallest absolute Gasteiger partial charge is 0.382 e. The molecule has 0 aromatic heterocycles. The average molecular weight is 437 g/mol. The van der Waals surface area contributed by atoms with Crippen LogP contribution in [0.25, 0.3) is 0 Å². The van der Waals surface area contributed by atoms with E-state index in [0.29, 0.717) is 12.8 Å². The summed E-state index contributed by atoms with van der Waals surface area (Å²) in [7, 11) is 1.29. The summed E-state index contributed by atoms with van der Waals surface area (Å²) >= 11 is 0. The van der Waals surface area contributed by atoms with E-state index < -0.39 is 30.7 Å². The third kappa shape index (κ3) is 3.82. The number of hydrazine groups is 1. The van der Waals surface area contributed by atoms with Gasteiger partial charge < -0.3 is 15.4 Å². The number of aliphatic hydroxyl groups is 1. The Kier molecular flexibility index (Phi) is 5.33. The molecule has 3 aliphatic rings. The van der Waals surface area contributed by atoms with Crippen molar-refractivity contribution >= 4 is 11.6 Å². The number of nitrogens with one attached hydrogen (secondary N) is 1.